The summed E-state index contributed by atoms with van der Waals surface area (Å²) >= 11 is 0. The lowest BCUT2D eigenvalue weighted by Crippen LogP contribution is -2.47. The predicted octanol–water partition coefficient (Wildman–Crippen LogP) is 1.68. The molecule has 0 bridgehead atoms. The van der Waals surface area contributed by atoms with Gasteiger partial charge in [-0.15, -0.1) is 0 Å². The number of nitrogens with zero attached hydrogens (tertiary/aromatic N) is 2. The molecule has 0 radical (unpaired) electrons. The molecule has 5 nitrogen and oxygen atoms in total. The topological polar surface area (TPSA) is 60.9 Å². The lowest BCUT2D eigenvalue weighted by molar-refractivity contribution is -0.146. The summed E-state index contributed by atoms with van der Waals surface area (Å²) in [5.41, 5.74) is 0. The highest BCUT2D eigenvalue weighted by Crippen LogP contribution is 2.24. The molecule has 0 aromatic heterocycles. The molecule has 0 atom stereocenters. The summed E-state index contributed by atoms with van der Waals surface area (Å²) in [5.74, 6) is 0.705. The number of carbonyl (C=O) groups is 2. The van der Waals surface area contributed by atoms with E-state index in [1.165, 1.54) is 12.8 Å². The Morgan fingerprint density at radius 1 is 1.05 bits per heavy atom. The van der Waals surface area contributed by atoms with Crippen molar-refractivity contribution in [2.24, 2.45) is 17.8 Å². The van der Waals surface area contributed by atoms with Crippen LogP contribution in [0, 0.1) is 17.8 Å². The van der Waals surface area contributed by atoms with Crippen molar-refractivity contribution in [1.82, 2.24) is 9.80 Å². The molecule has 2 rings (SSSR count). The molecule has 0 spiro atoms. The van der Waals surface area contributed by atoms with Crippen molar-refractivity contribution in [1.29, 1.82) is 0 Å². The lowest BCUT2D eigenvalue weighted by atomic mass is 9.87. The molecule has 0 unspecified atom stereocenters. The highest BCUT2D eigenvalue weighted by molar-refractivity contribution is 5.79. The fourth-order valence-corrected chi connectivity index (χ4v) is 3.44. The van der Waals surface area contributed by atoms with Gasteiger partial charge in [0.2, 0.25) is 5.91 Å². The second kappa shape index (κ2) is 7.25. The Kier molecular flexibility index (Phi) is 5.62. The van der Waals surface area contributed by atoms with Crippen LogP contribution >= 0.6 is 0 Å². The molecule has 2 fully saturated rings. The lowest BCUT2D eigenvalue weighted by Gasteiger charge is -2.36. The van der Waals surface area contributed by atoms with E-state index in [0.717, 1.165) is 24.9 Å². The van der Waals surface area contributed by atoms with Crippen molar-refractivity contribution in [2.45, 2.75) is 39.5 Å². The zero-order chi connectivity index (χ0) is 15.4. The zero-order valence-corrected chi connectivity index (χ0v) is 13.3. The van der Waals surface area contributed by atoms with Gasteiger partial charge < -0.3 is 10.0 Å². The van der Waals surface area contributed by atoms with Gasteiger partial charge >= 0.3 is 5.97 Å². The standard InChI is InChI=1S/C16H28N2O3/c1-12(2)13-3-7-17(8-4-13)11-15(19)18-9-5-14(6-10-18)16(20)21/h12-14H,3-11H2,1-2H3,(H,20,21). The van der Waals surface area contributed by atoms with Crippen LogP contribution in [0.25, 0.3) is 0 Å². The molecule has 2 heterocycles. The van der Waals surface area contributed by atoms with E-state index in [0.29, 0.717) is 32.5 Å². The smallest absolute Gasteiger partial charge is 0.306 e. The van der Waals surface area contributed by atoms with Crippen LogP contribution in [-0.4, -0.2) is 59.5 Å². The average molecular weight is 296 g/mol. The van der Waals surface area contributed by atoms with Crippen molar-refractivity contribution >= 4 is 11.9 Å². The molecule has 120 valence electrons. The van der Waals surface area contributed by atoms with Crippen LogP contribution in [0.5, 0.6) is 0 Å². The number of likely N-dealkylation sites (tertiary alicyclic amines) is 2. The highest BCUT2D eigenvalue weighted by atomic mass is 16.4. The molecule has 1 amide bonds. The molecule has 5 heteroatoms. The number of carbonyl (C=O) groups excluding carboxylic acids is 1. The normalized spacial score (nSPS) is 22.7. The van der Waals surface area contributed by atoms with Gasteiger partial charge in [0.25, 0.3) is 0 Å². The molecule has 1 N–H and O–H groups in total. The number of rotatable bonds is 4. The van der Waals surface area contributed by atoms with E-state index >= 15 is 0 Å². The average Bonchev–Trinajstić information content (AvgIpc) is 2.47. The Balaban J connectivity index is 1.72. The Hall–Kier alpha value is -1.10. The first-order chi connectivity index (χ1) is 9.97. The number of carboxylic acid groups (broad SMARTS) is 1. The second-order valence-corrected chi connectivity index (χ2v) is 6.85. The van der Waals surface area contributed by atoms with Crippen LogP contribution in [0.15, 0.2) is 0 Å². The van der Waals surface area contributed by atoms with Gasteiger partial charge in [-0.3, -0.25) is 14.5 Å². The third-order valence-electron chi connectivity index (χ3n) is 5.13. The number of aliphatic carboxylic acids is 1. The Morgan fingerprint density at radius 2 is 1.62 bits per heavy atom. The van der Waals surface area contributed by atoms with Gasteiger partial charge in [0.05, 0.1) is 12.5 Å². The minimum Gasteiger partial charge on any atom is -0.481 e. The molecule has 0 aromatic rings. The van der Waals surface area contributed by atoms with Crippen LogP contribution in [0.4, 0.5) is 0 Å². The number of carboxylic acids is 1. The van der Waals surface area contributed by atoms with Gasteiger partial charge in [0.1, 0.15) is 0 Å². The van der Waals surface area contributed by atoms with Gasteiger partial charge in [-0.2, -0.15) is 0 Å². The fourth-order valence-electron chi connectivity index (χ4n) is 3.44. The van der Waals surface area contributed by atoms with Gasteiger partial charge in [-0.25, -0.2) is 0 Å². The summed E-state index contributed by atoms with van der Waals surface area (Å²) < 4.78 is 0. The molecule has 2 aliphatic heterocycles. The van der Waals surface area contributed by atoms with Crippen molar-refractivity contribution in [3.05, 3.63) is 0 Å². The van der Waals surface area contributed by atoms with Gasteiger partial charge in [0, 0.05) is 13.1 Å². The fraction of sp³-hybridized carbons (Fsp3) is 0.875. The van der Waals surface area contributed by atoms with Gasteiger partial charge in [-0.1, -0.05) is 13.8 Å². The van der Waals surface area contributed by atoms with Crippen LogP contribution in [0.1, 0.15) is 39.5 Å². The Morgan fingerprint density at radius 3 is 2.10 bits per heavy atom. The van der Waals surface area contributed by atoms with E-state index in [1.54, 1.807) is 0 Å². The minimum absolute atomic E-state index is 0.168. The van der Waals surface area contributed by atoms with Crippen LogP contribution in [0.2, 0.25) is 0 Å². The molecule has 2 aliphatic rings. The molecular formula is C16H28N2O3. The maximum atomic E-state index is 12.3. The van der Waals surface area contributed by atoms with Crippen LogP contribution in [0.3, 0.4) is 0 Å². The molecule has 21 heavy (non-hydrogen) atoms. The molecule has 2 saturated heterocycles. The third-order valence-corrected chi connectivity index (χ3v) is 5.13. The van der Waals surface area contributed by atoms with E-state index < -0.39 is 5.97 Å². The summed E-state index contributed by atoms with van der Waals surface area (Å²) in [6.07, 6.45) is 3.56. The first-order valence-corrected chi connectivity index (χ1v) is 8.20. The molecule has 0 aliphatic carbocycles. The van der Waals surface area contributed by atoms with E-state index in [4.69, 9.17) is 5.11 Å². The van der Waals surface area contributed by atoms with Crippen molar-refractivity contribution < 1.29 is 14.7 Å². The molecule has 0 aromatic carbocycles. The first kappa shape index (κ1) is 16.3. The second-order valence-electron chi connectivity index (χ2n) is 6.85. The van der Waals surface area contributed by atoms with E-state index in [-0.39, 0.29) is 11.8 Å². The number of amides is 1. The summed E-state index contributed by atoms with van der Waals surface area (Å²) in [4.78, 5) is 27.3. The minimum atomic E-state index is -0.724. The van der Waals surface area contributed by atoms with E-state index in [2.05, 4.69) is 18.7 Å². The van der Waals surface area contributed by atoms with Gasteiger partial charge in [-0.05, 0) is 50.6 Å². The molecule has 0 saturated carbocycles. The van der Waals surface area contributed by atoms with Crippen LogP contribution < -0.4 is 0 Å². The monoisotopic (exact) mass is 296 g/mol. The SMILES string of the molecule is CC(C)C1CCN(CC(=O)N2CCC(C(=O)O)CC2)CC1. The van der Waals surface area contributed by atoms with Crippen molar-refractivity contribution in [2.75, 3.05) is 32.7 Å². The van der Waals surface area contributed by atoms with Crippen LogP contribution in [-0.2, 0) is 9.59 Å². The number of piperidine rings is 2. The quantitative estimate of drug-likeness (QED) is 0.857. The maximum Gasteiger partial charge on any atom is 0.306 e. The zero-order valence-electron chi connectivity index (χ0n) is 13.3. The summed E-state index contributed by atoms with van der Waals surface area (Å²) in [5, 5.41) is 8.98. The van der Waals surface area contributed by atoms with E-state index in [1.807, 2.05) is 4.90 Å². The summed E-state index contributed by atoms with van der Waals surface area (Å²) in [6.45, 7) is 8.27. The largest absolute Gasteiger partial charge is 0.481 e. The number of hydrogen-bond acceptors (Lipinski definition) is 3. The van der Waals surface area contributed by atoms with Crippen molar-refractivity contribution in [3.8, 4) is 0 Å². The van der Waals surface area contributed by atoms with Gasteiger partial charge in [0.15, 0.2) is 0 Å². The highest BCUT2D eigenvalue weighted by Gasteiger charge is 2.29. The first-order valence-electron chi connectivity index (χ1n) is 8.20. The summed E-state index contributed by atoms with van der Waals surface area (Å²) in [7, 11) is 0. The predicted molar refractivity (Wildman–Crippen MR) is 80.9 cm³/mol. The number of hydrogen-bond donors (Lipinski definition) is 1. The molecular weight excluding hydrogens is 268 g/mol. The third kappa shape index (κ3) is 4.43. The van der Waals surface area contributed by atoms with Crippen molar-refractivity contribution in [3.63, 3.8) is 0 Å². The maximum absolute atomic E-state index is 12.3. The van der Waals surface area contributed by atoms with E-state index in [9.17, 15) is 9.59 Å². The summed E-state index contributed by atoms with van der Waals surface area (Å²) in [6, 6.07) is 0. The Bertz CT molecular complexity index is 368. The Labute approximate surface area is 127 Å².